The minimum absolute atomic E-state index is 0.0380. The largest absolute Gasteiger partial charge is 0.472 e. The molecule has 4 N–H and O–H groups in total. The van der Waals surface area contributed by atoms with Gasteiger partial charge in [0.2, 0.25) is 0 Å². The molecule has 0 saturated carbocycles. The molecule has 0 aliphatic carbocycles. The summed E-state index contributed by atoms with van der Waals surface area (Å²) in [6, 6.07) is 0. The van der Waals surface area contributed by atoms with Gasteiger partial charge in [-0.15, -0.1) is 0 Å². The Labute approximate surface area is 340 Å². The van der Waals surface area contributed by atoms with Crippen molar-refractivity contribution in [3.05, 3.63) is 36.5 Å². The van der Waals surface area contributed by atoms with Crippen molar-refractivity contribution < 1.29 is 52.9 Å². The van der Waals surface area contributed by atoms with Gasteiger partial charge in [-0.1, -0.05) is 172 Å². The molecule has 0 aliphatic rings. The SMILES string of the molecule is CCCCCCCC/C=C/C/C=C/C=C/C(O)CCCC(=O)O[C@H](COC(=O)CCCCCCCCCCCCCCCCC)COP(=O)(O)OC[C@@H](O)CO. The molecule has 0 amide bonds. The molecule has 0 fully saturated rings. The molecular formula is C44H81O11P. The van der Waals surface area contributed by atoms with Crippen LogP contribution in [-0.2, 0) is 32.7 Å². The molecule has 0 rings (SSSR count). The minimum atomic E-state index is -4.67. The Balaban J connectivity index is 4.47. The number of hydrogen-bond donors (Lipinski definition) is 4. The lowest BCUT2D eigenvalue weighted by Gasteiger charge is -2.20. The van der Waals surface area contributed by atoms with E-state index in [9.17, 15) is 29.3 Å². The van der Waals surface area contributed by atoms with Gasteiger partial charge in [0.05, 0.1) is 25.9 Å². The zero-order chi connectivity index (χ0) is 41.4. The lowest BCUT2D eigenvalue weighted by atomic mass is 10.0. The third kappa shape index (κ3) is 39.0. The van der Waals surface area contributed by atoms with Crippen LogP contribution in [0, 0.1) is 0 Å². The van der Waals surface area contributed by atoms with Crippen molar-refractivity contribution in [3.63, 3.8) is 0 Å². The Kier molecular flexibility index (Phi) is 38.6. The summed E-state index contributed by atoms with van der Waals surface area (Å²) in [5.74, 6) is -1.12. The fraction of sp³-hybridized carbons (Fsp3) is 0.818. The smallest absolute Gasteiger partial charge is 0.462 e. The van der Waals surface area contributed by atoms with Gasteiger partial charge in [0.15, 0.2) is 6.10 Å². The number of aliphatic hydroxyl groups excluding tert-OH is 3. The molecule has 12 heteroatoms. The van der Waals surface area contributed by atoms with E-state index in [0.717, 1.165) is 32.1 Å². The average Bonchev–Trinajstić information content (AvgIpc) is 3.18. The molecule has 0 aliphatic heterocycles. The van der Waals surface area contributed by atoms with Crippen LogP contribution in [-0.4, -0.2) is 76.9 Å². The van der Waals surface area contributed by atoms with E-state index in [1.54, 1.807) is 12.2 Å². The van der Waals surface area contributed by atoms with Crippen LogP contribution in [0.5, 0.6) is 0 Å². The predicted octanol–water partition coefficient (Wildman–Crippen LogP) is 10.5. The highest BCUT2D eigenvalue weighted by Gasteiger charge is 2.27. The molecule has 56 heavy (non-hydrogen) atoms. The van der Waals surface area contributed by atoms with E-state index < -0.39 is 57.9 Å². The van der Waals surface area contributed by atoms with Gasteiger partial charge in [0.25, 0.3) is 0 Å². The maximum atomic E-state index is 12.6. The average molecular weight is 817 g/mol. The number of phosphoric ester groups is 1. The topological polar surface area (TPSA) is 169 Å². The minimum Gasteiger partial charge on any atom is -0.462 e. The molecule has 2 unspecified atom stereocenters. The number of carbonyl (C=O) groups excluding carboxylic acids is 2. The maximum Gasteiger partial charge on any atom is 0.472 e. The highest BCUT2D eigenvalue weighted by molar-refractivity contribution is 7.47. The van der Waals surface area contributed by atoms with Gasteiger partial charge in [-0.2, -0.15) is 0 Å². The second-order valence-corrected chi connectivity index (χ2v) is 16.4. The van der Waals surface area contributed by atoms with Gasteiger partial charge < -0.3 is 29.7 Å². The van der Waals surface area contributed by atoms with Gasteiger partial charge in [-0.3, -0.25) is 18.6 Å². The van der Waals surface area contributed by atoms with E-state index >= 15 is 0 Å². The Hall–Kier alpha value is -1.85. The van der Waals surface area contributed by atoms with Gasteiger partial charge in [-0.25, -0.2) is 4.57 Å². The predicted molar refractivity (Wildman–Crippen MR) is 225 cm³/mol. The van der Waals surface area contributed by atoms with Crippen molar-refractivity contribution in [2.24, 2.45) is 0 Å². The van der Waals surface area contributed by atoms with Gasteiger partial charge in [-0.05, 0) is 38.5 Å². The van der Waals surface area contributed by atoms with Crippen molar-refractivity contribution in [2.45, 2.75) is 206 Å². The third-order valence-electron chi connectivity index (χ3n) is 9.40. The normalized spacial score (nSPS) is 14.8. The fourth-order valence-corrected chi connectivity index (χ4v) is 6.73. The summed E-state index contributed by atoms with van der Waals surface area (Å²) in [5.41, 5.74) is 0. The Morgan fingerprint density at radius 1 is 0.607 bits per heavy atom. The molecule has 0 bridgehead atoms. The van der Waals surface area contributed by atoms with Crippen molar-refractivity contribution in [2.75, 3.05) is 26.4 Å². The lowest BCUT2D eigenvalue weighted by Crippen LogP contribution is -2.30. The van der Waals surface area contributed by atoms with E-state index in [0.29, 0.717) is 19.3 Å². The molecule has 328 valence electrons. The number of carbonyl (C=O) groups is 2. The quantitative estimate of drug-likeness (QED) is 0.0152. The van der Waals surface area contributed by atoms with Crippen molar-refractivity contribution >= 4 is 19.8 Å². The number of esters is 2. The molecule has 0 heterocycles. The van der Waals surface area contributed by atoms with Crippen molar-refractivity contribution in [1.29, 1.82) is 0 Å². The van der Waals surface area contributed by atoms with Crippen LogP contribution in [0.15, 0.2) is 36.5 Å². The number of phosphoric acid groups is 1. The summed E-state index contributed by atoms with van der Waals surface area (Å²) < 4.78 is 32.6. The van der Waals surface area contributed by atoms with E-state index in [1.807, 2.05) is 12.2 Å². The van der Waals surface area contributed by atoms with Crippen LogP contribution in [0.4, 0.5) is 0 Å². The summed E-state index contributed by atoms with van der Waals surface area (Å²) in [6.07, 6.45) is 37.1. The number of rotatable bonds is 41. The number of allylic oxidation sites excluding steroid dienone is 5. The first-order valence-electron chi connectivity index (χ1n) is 22.1. The molecule has 0 aromatic rings. The van der Waals surface area contributed by atoms with Crippen LogP contribution < -0.4 is 0 Å². The van der Waals surface area contributed by atoms with Crippen molar-refractivity contribution in [3.8, 4) is 0 Å². The number of hydrogen-bond acceptors (Lipinski definition) is 10. The number of ether oxygens (including phenoxy) is 2. The van der Waals surface area contributed by atoms with Crippen LogP contribution >= 0.6 is 7.82 Å². The highest BCUT2D eigenvalue weighted by Crippen LogP contribution is 2.43. The third-order valence-corrected chi connectivity index (χ3v) is 10.4. The summed E-state index contributed by atoms with van der Waals surface area (Å²) in [7, 11) is -4.67. The molecule has 0 radical (unpaired) electrons. The van der Waals surface area contributed by atoms with Gasteiger partial charge in [0.1, 0.15) is 12.7 Å². The van der Waals surface area contributed by atoms with Crippen LogP contribution in [0.1, 0.15) is 187 Å². The summed E-state index contributed by atoms with van der Waals surface area (Å²) in [5, 5.41) is 28.6. The van der Waals surface area contributed by atoms with Crippen LogP contribution in [0.25, 0.3) is 0 Å². The monoisotopic (exact) mass is 817 g/mol. The van der Waals surface area contributed by atoms with Crippen LogP contribution in [0.2, 0.25) is 0 Å². The van der Waals surface area contributed by atoms with Crippen molar-refractivity contribution in [1.82, 2.24) is 0 Å². The van der Waals surface area contributed by atoms with E-state index in [4.69, 9.17) is 19.1 Å². The first kappa shape index (κ1) is 54.2. The maximum absolute atomic E-state index is 12.6. The second kappa shape index (κ2) is 40.0. The molecule has 11 nitrogen and oxygen atoms in total. The summed E-state index contributed by atoms with van der Waals surface area (Å²) in [6.45, 7) is 2.17. The standard InChI is InChI=1S/C44H81O11P/c1-3-5-7-9-11-13-15-17-18-20-22-24-26-28-30-34-43(48)52-38-42(39-54-56(50,51)53-37-41(47)36-45)55-44(49)35-31-33-40(46)32-29-27-25-23-21-19-16-14-12-10-8-6-4-2/h19,21,25,27,29,32,40-42,45-47H,3-18,20,22-24,26,28,30-31,33-39H2,1-2H3,(H,50,51)/b21-19+,27-25+,32-29+/t40?,41-,42+/m0/s1. The molecular weight excluding hydrogens is 735 g/mol. The lowest BCUT2D eigenvalue weighted by molar-refractivity contribution is -0.161. The zero-order valence-electron chi connectivity index (χ0n) is 35.2. The van der Waals surface area contributed by atoms with Gasteiger partial charge >= 0.3 is 19.8 Å². The first-order chi connectivity index (χ1) is 27.1. The first-order valence-corrected chi connectivity index (χ1v) is 23.5. The summed E-state index contributed by atoms with van der Waals surface area (Å²) >= 11 is 0. The molecule has 0 aromatic heterocycles. The Morgan fingerprint density at radius 2 is 1.12 bits per heavy atom. The van der Waals surface area contributed by atoms with Crippen LogP contribution in [0.3, 0.4) is 0 Å². The summed E-state index contributed by atoms with van der Waals surface area (Å²) in [4.78, 5) is 35.0. The van der Waals surface area contributed by atoms with E-state index in [1.165, 1.54) is 109 Å². The zero-order valence-corrected chi connectivity index (χ0v) is 36.1. The number of unbranched alkanes of at least 4 members (excludes halogenated alkanes) is 20. The van der Waals surface area contributed by atoms with E-state index in [-0.39, 0.29) is 19.4 Å². The fourth-order valence-electron chi connectivity index (χ4n) is 5.94. The number of aliphatic hydroxyl groups is 3. The highest BCUT2D eigenvalue weighted by atomic mass is 31.2. The Bertz CT molecular complexity index is 1050. The molecule has 4 atom stereocenters. The van der Waals surface area contributed by atoms with E-state index in [2.05, 4.69) is 30.5 Å². The second-order valence-electron chi connectivity index (χ2n) is 14.9. The molecule has 0 saturated heterocycles. The van der Waals surface area contributed by atoms with Gasteiger partial charge in [0, 0.05) is 12.8 Å². The molecule has 0 spiro atoms. The Morgan fingerprint density at radius 3 is 1.70 bits per heavy atom. The molecule has 0 aromatic carbocycles.